The number of methoxy groups -OCH3 is 1. The minimum absolute atomic E-state index is 0. The molecule has 8 heteroatoms. The van der Waals surface area contributed by atoms with Crippen LogP contribution in [-0.4, -0.2) is 56.2 Å². The lowest BCUT2D eigenvalue weighted by atomic mass is 10.2. The van der Waals surface area contributed by atoms with Crippen molar-refractivity contribution in [3.8, 4) is 5.88 Å². The maximum absolute atomic E-state index is 14.0. The molecular formula is C19H25FIN5O. The summed E-state index contributed by atoms with van der Waals surface area (Å²) in [5.41, 5.74) is 1.72. The number of nitrogens with one attached hydrogen (secondary N) is 1. The van der Waals surface area contributed by atoms with Crippen LogP contribution < -0.4 is 15.0 Å². The molecule has 1 aromatic carbocycles. The summed E-state index contributed by atoms with van der Waals surface area (Å²) >= 11 is 0. The minimum Gasteiger partial charge on any atom is -0.481 e. The average molecular weight is 485 g/mol. The van der Waals surface area contributed by atoms with E-state index in [0.29, 0.717) is 18.1 Å². The molecule has 1 N–H and O–H groups in total. The van der Waals surface area contributed by atoms with E-state index < -0.39 is 0 Å². The van der Waals surface area contributed by atoms with Crippen molar-refractivity contribution in [3.05, 3.63) is 54.0 Å². The average Bonchev–Trinajstić information content (AvgIpc) is 2.70. The van der Waals surface area contributed by atoms with E-state index in [1.54, 1.807) is 26.4 Å². The lowest BCUT2D eigenvalue weighted by Crippen LogP contribution is -2.52. The molecule has 0 atom stereocenters. The number of hydrogen-bond donors (Lipinski definition) is 1. The number of halogens is 2. The molecule has 0 amide bonds. The standard InChI is InChI=1S/C19H24FN5O.HI/c1-21-19(23-14-15-7-8-18(26-2)22-13-15)25-11-9-24(10-12-25)17-6-4-3-5-16(17)20;/h3-8,13H,9-12,14H2,1-2H3,(H,21,23);1H. The van der Waals surface area contributed by atoms with Gasteiger partial charge >= 0.3 is 0 Å². The highest BCUT2D eigenvalue weighted by Crippen LogP contribution is 2.20. The van der Waals surface area contributed by atoms with Crippen LogP contribution in [0.1, 0.15) is 5.56 Å². The van der Waals surface area contributed by atoms with Crippen LogP contribution in [0.4, 0.5) is 10.1 Å². The maximum Gasteiger partial charge on any atom is 0.212 e. The topological polar surface area (TPSA) is 53.0 Å². The molecular weight excluding hydrogens is 460 g/mol. The quantitative estimate of drug-likeness (QED) is 0.410. The number of hydrogen-bond acceptors (Lipinski definition) is 4. The van der Waals surface area contributed by atoms with Crippen LogP contribution in [0.25, 0.3) is 0 Å². The summed E-state index contributed by atoms with van der Waals surface area (Å²) in [7, 11) is 3.38. The van der Waals surface area contributed by atoms with E-state index >= 15 is 0 Å². The lowest BCUT2D eigenvalue weighted by molar-refractivity contribution is 0.370. The molecule has 0 saturated carbocycles. The van der Waals surface area contributed by atoms with Gasteiger partial charge in [0.2, 0.25) is 5.88 Å². The zero-order valence-electron chi connectivity index (χ0n) is 15.6. The maximum atomic E-state index is 14.0. The lowest BCUT2D eigenvalue weighted by Gasteiger charge is -2.37. The van der Waals surface area contributed by atoms with E-state index in [0.717, 1.165) is 37.7 Å². The first-order chi connectivity index (χ1) is 12.7. The Hall–Kier alpha value is -2.10. The van der Waals surface area contributed by atoms with Crippen molar-refractivity contribution < 1.29 is 9.13 Å². The first kappa shape index (κ1) is 21.2. The second-order valence-electron chi connectivity index (χ2n) is 6.04. The second kappa shape index (κ2) is 10.3. The van der Waals surface area contributed by atoms with Gasteiger partial charge in [-0.3, -0.25) is 4.99 Å². The third kappa shape index (κ3) is 5.44. The Labute approximate surface area is 176 Å². The number of nitrogens with zero attached hydrogens (tertiary/aromatic N) is 4. The van der Waals surface area contributed by atoms with Crippen LogP contribution in [-0.2, 0) is 6.54 Å². The largest absolute Gasteiger partial charge is 0.481 e. The smallest absolute Gasteiger partial charge is 0.212 e. The Balaban J connectivity index is 0.00000261. The SMILES string of the molecule is CN=C(NCc1ccc(OC)nc1)N1CCN(c2ccccc2F)CC1.I. The molecule has 2 aromatic rings. The van der Waals surface area contributed by atoms with Gasteiger partial charge in [0, 0.05) is 52.0 Å². The summed E-state index contributed by atoms with van der Waals surface area (Å²) in [5.74, 6) is 1.27. The van der Waals surface area contributed by atoms with Crippen molar-refractivity contribution in [2.75, 3.05) is 45.2 Å². The van der Waals surface area contributed by atoms with Gasteiger partial charge < -0.3 is 19.9 Å². The van der Waals surface area contributed by atoms with Crippen molar-refractivity contribution in [1.29, 1.82) is 0 Å². The van der Waals surface area contributed by atoms with Gasteiger partial charge in [-0.2, -0.15) is 0 Å². The first-order valence-electron chi connectivity index (χ1n) is 8.65. The van der Waals surface area contributed by atoms with Crippen LogP contribution in [0, 0.1) is 5.82 Å². The third-order valence-electron chi connectivity index (χ3n) is 4.44. The molecule has 1 saturated heterocycles. The molecule has 1 aliphatic rings. The fraction of sp³-hybridized carbons (Fsp3) is 0.368. The molecule has 146 valence electrons. The van der Waals surface area contributed by atoms with Gasteiger partial charge in [-0.15, -0.1) is 24.0 Å². The van der Waals surface area contributed by atoms with Crippen molar-refractivity contribution >= 4 is 35.6 Å². The molecule has 1 fully saturated rings. The Morgan fingerprint density at radius 2 is 1.93 bits per heavy atom. The number of ether oxygens (including phenoxy) is 1. The van der Waals surface area contributed by atoms with E-state index in [4.69, 9.17) is 4.74 Å². The number of rotatable bonds is 4. The predicted molar refractivity (Wildman–Crippen MR) is 117 cm³/mol. The normalized spacial score (nSPS) is 14.6. The highest BCUT2D eigenvalue weighted by atomic mass is 127. The number of pyridine rings is 1. The van der Waals surface area contributed by atoms with Gasteiger partial charge in [0.1, 0.15) is 5.82 Å². The van der Waals surface area contributed by atoms with Gasteiger partial charge in [0.05, 0.1) is 12.8 Å². The van der Waals surface area contributed by atoms with Crippen molar-refractivity contribution in [2.24, 2.45) is 4.99 Å². The van der Waals surface area contributed by atoms with Crippen LogP contribution >= 0.6 is 24.0 Å². The van der Waals surface area contributed by atoms with Crippen LogP contribution in [0.2, 0.25) is 0 Å². The number of benzene rings is 1. The van der Waals surface area contributed by atoms with Crippen molar-refractivity contribution in [1.82, 2.24) is 15.2 Å². The van der Waals surface area contributed by atoms with Gasteiger partial charge in [0.25, 0.3) is 0 Å². The van der Waals surface area contributed by atoms with E-state index in [2.05, 4.69) is 25.1 Å². The van der Waals surface area contributed by atoms with Crippen molar-refractivity contribution in [2.45, 2.75) is 6.54 Å². The molecule has 3 rings (SSSR count). The molecule has 0 spiro atoms. The minimum atomic E-state index is -0.171. The van der Waals surface area contributed by atoms with E-state index in [1.165, 1.54) is 6.07 Å². The summed E-state index contributed by atoms with van der Waals surface area (Å²) in [5, 5.41) is 3.36. The summed E-state index contributed by atoms with van der Waals surface area (Å²) in [4.78, 5) is 12.8. The first-order valence-corrected chi connectivity index (χ1v) is 8.65. The Kier molecular flexibility index (Phi) is 8.08. The predicted octanol–water partition coefficient (Wildman–Crippen LogP) is 2.74. The summed E-state index contributed by atoms with van der Waals surface area (Å²) in [6.45, 7) is 3.72. The Bertz CT molecular complexity index is 748. The van der Waals surface area contributed by atoms with Gasteiger partial charge in [-0.25, -0.2) is 9.37 Å². The number of piperazine rings is 1. The van der Waals surface area contributed by atoms with Crippen LogP contribution in [0.15, 0.2) is 47.6 Å². The van der Waals surface area contributed by atoms with E-state index in [1.807, 2.05) is 24.3 Å². The fourth-order valence-electron chi connectivity index (χ4n) is 3.02. The molecule has 0 bridgehead atoms. The number of aromatic nitrogens is 1. The second-order valence-corrected chi connectivity index (χ2v) is 6.04. The number of anilines is 1. The zero-order valence-corrected chi connectivity index (χ0v) is 17.9. The molecule has 2 heterocycles. The Morgan fingerprint density at radius 1 is 1.19 bits per heavy atom. The number of aliphatic imine (C=N–C) groups is 1. The monoisotopic (exact) mass is 485 g/mol. The summed E-state index contributed by atoms with van der Waals surface area (Å²) in [6, 6.07) is 10.7. The van der Waals surface area contributed by atoms with Crippen LogP contribution in [0.3, 0.4) is 0 Å². The highest BCUT2D eigenvalue weighted by molar-refractivity contribution is 14.0. The summed E-state index contributed by atoms with van der Waals surface area (Å²) in [6.07, 6.45) is 1.79. The number of guanidine groups is 1. The molecule has 6 nitrogen and oxygen atoms in total. The number of para-hydroxylation sites is 1. The fourth-order valence-corrected chi connectivity index (χ4v) is 3.02. The van der Waals surface area contributed by atoms with Crippen molar-refractivity contribution in [3.63, 3.8) is 0 Å². The molecule has 1 aromatic heterocycles. The van der Waals surface area contributed by atoms with E-state index in [9.17, 15) is 4.39 Å². The highest BCUT2D eigenvalue weighted by Gasteiger charge is 2.21. The molecule has 27 heavy (non-hydrogen) atoms. The zero-order chi connectivity index (χ0) is 18.4. The van der Waals surface area contributed by atoms with Gasteiger partial charge in [-0.1, -0.05) is 18.2 Å². The summed E-state index contributed by atoms with van der Waals surface area (Å²) < 4.78 is 19.0. The van der Waals surface area contributed by atoms with Crippen LogP contribution in [0.5, 0.6) is 5.88 Å². The van der Waals surface area contributed by atoms with E-state index in [-0.39, 0.29) is 29.8 Å². The molecule has 0 aliphatic carbocycles. The molecule has 0 unspecified atom stereocenters. The molecule has 0 radical (unpaired) electrons. The van der Waals surface area contributed by atoms with Gasteiger partial charge in [-0.05, 0) is 17.7 Å². The van der Waals surface area contributed by atoms with Gasteiger partial charge in [0.15, 0.2) is 5.96 Å². The molecule has 1 aliphatic heterocycles. The Morgan fingerprint density at radius 3 is 2.52 bits per heavy atom. The third-order valence-corrected chi connectivity index (χ3v) is 4.44.